The molecule has 0 saturated carbocycles. The van der Waals surface area contributed by atoms with Gasteiger partial charge in [-0.1, -0.05) is 0 Å². The first-order valence-corrected chi connectivity index (χ1v) is 5.10. The minimum Gasteiger partial charge on any atom is -0.348 e. The number of carbonyl (C=O) groups excluding carboxylic acids is 1. The highest BCUT2D eigenvalue weighted by atomic mass is 19.1. The van der Waals surface area contributed by atoms with Gasteiger partial charge in [0.2, 0.25) is 5.78 Å². The molecule has 5 nitrogen and oxygen atoms in total. The van der Waals surface area contributed by atoms with Gasteiger partial charge in [0.1, 0.15) is 5.82 Å². The summed E-state index contributed by atoms with van der Waals surface area (Å²) in [4.78, 5) is 22.0. The predicted octanol–water partition coefficient (Wildman–Crippen LogP) is 2.30. The minimum absolute atomic E-state index is 0.273. The van der Waals surface area contributed by atoms with Crippen molar-refractivity contribution in [3.8, 4) is 0 Å². The van der Waals surface area contributed by atoms with Crippen LogP contribution in [0, 0.1) is 15.9 Å². The van der Waals surface area contributed by atoms with Crippen LogP contribution in [-0.4, -0.2) is 15.3 Å². The van der Waals surface area contributed by atoms with Crippen LogP contribution >= 0.6 is 0 Å². The third kappa shape index (κ3) is 2.00. The van der Waals surface area contributed by atoms with Crippen molar-refractivity contribution >= 4 is 11.5 Å². The second kappa shape index (κ2) is 4.40. The number of carbonyl (C=O) groups is 1. The van der Waals surface area contributed by atoms with Gasteiger partial charge in [-0.25, -0.2) is 4.39 Å². The van der Waals surface area contributed by atoms with Crippen molar-refractivity contribution in [1.29, 1.82) is 0 Å². The molecule has 0 atom stereocenters. The first-order chi connectivity index (χ1) is 8.50. The van der Waals surface area contributed by atoms with E-state index in [1.54, 1.807) is 19.3 Å². The van der Waals surface area contributed by atoms with Crippen molar-refractivity contribution in [2.24, 2.45) is 7.05 Å². The van der Waals surface area contributed by atoms with Gasteiger partial charge >= 0.3 is 0 Å². The Morgan fingerprint density at radius 2 is 2.11 bits per heavy atom. The first kappa shape index (κ1) is 12.0. The number of nitro benzene ring substituents is 1. The summed E-state index contributed by atoms with van der Waals surface area (Å²) in [5, 5.41) is 10.6. The largest absolute Gasteiger partial charge is 0.348 e. The second-order valence-electron chi connectivity index (χ2n) is 3.75. The van der Waals surface area contributed by atoms with Gasteiger partial charge in [-0.05, 0) is 18.2 Å². The number of ketones is 1. The number of aromatic nitrogens is 1. The number of aryl methyl sites for hydroxylation is 1. The van der Waals surface area contributed by atoms with Gasteiger partial charge in [0.15, 0.2) is 0 Å². The van der Waals surface area contributed by atoms with E-state index in [-0.39, 0.29) is 16.9 Å². The number of non-ortho nitro benzene ring substituents is 1. The van der Waals surface area contributed by atoms with E-state index in [4.69, 9.17) is 0 Å². The zero-order chi connectivity index (χ0) is 13.3. The summed E-state index contributed by atoms with van der Waals surface area (Å²) in [6, 6.07) is 6.07. The lowest BCUT2D eigenvalue weighted by atomic mass is 10.1. The highest BCUT2D eigenvalue weighted by Crippen LogP contribution is 2.19. The van der Waals surface area contributed by atoms with Crippen molar-refractivity contribution < 1.29 is 14.1 Å². The van der Waals surface area contributed by atoms with Gasteiger partial charge in [-0.3, -0.25) is 14.9 Å². The topological polar surface area (TPSA) is 65.1 Å². The lowest BCUT2D eigenvalue weighted by Crippen LogP contribution is -2.09. The second-order valence-corrected chi connectivity index (χ2v) is 3.75. The predicted molar refractivity (Wildman–Crippen MR) is 61.9 cm³/mol. The van der Waals surface area contributed by atoms with E-state index in [2.05, 4.69) is 0 Å². The van der Waals surface area contributed by atoms with Crippen LogP contribution in [0.4, 0.5) is 10.1 Å². The highest BCUT2D eigenvalue weighted by Gasteiger charge is 2.19. The van der Waals surface area contributed by atoms with Crippen LogP contribution in [0.2, 0.25) is 0 Å². The Hall–Kier alpha value is -2.50. The van der Waals surface area contributed by atoms with Crippen molar-refractivity contribution in [2.75, 3.05) is 0 Å². The van der Waals surface area contributed by atoms with Crippen LogP contribution in [0.3, 0.4) is 0 Å². The van der Waals surface area contributed by atoms with Crippen LogP contribution in [0.5, 0.6) is 0 Å². The summed E-state index contributed by atoms with van der Waals surface area (Å²) in [6.07, 6.45) is 1.64. The number of hydrogen-bond donors (Lipinski definition) is 0. The zero-order valence-corrected chi connectivity index (χ0v) is 9.46. The lowest BCUT2D eigenvalue weighted by Gasteiger charge is -2.04. The summed E-state index contributed by atoms with van der Waals surface area (Å²) in [5.74, 6) is -1.35. The Bertz CT molecular complexity index is 634. The molecule has 0 aliphatic carbocycles. The molecular formula is C12H9FN2O3. The lowest BCUT2D eigenvalue weighted by molar-refractivity contribution is -0.384. The average Bonchev–Trinajstić information content (AvgIpc) is 2.75. The van der Waals surface area contributed by atoms with E-state index in [9.17, 15) is 19.3 Å². The van der Waals surface area contributed by atoms with Crippen molar-refractivity contribution in [1.82, 2.24) is 4.57 Å². The Kier molecular flexibility index (Phi) is 2.93. The number of nitrogens with zero attached hydrogens (tertiary/aromatic N) is 2. The minimum atomic E-state index is -0.771. The molecule has 0 saturated heterocycles. The number of nitro groups is 1. The monoisotopic (exact) mass is 248 g/mol. The summed E-state index contributed by atoms with van der Waals surface area (Å²) >= 11 is 0. The molecule has 0 aliphatic rings. The van der Waals surface area contributed by atoms with Crippen molar-refractivity contribution in [2.45, 2.75) is 0 Å². The molecule has 1 heterocycles. The Balaban J connectivity index is 2.51. The van der Waals surface area contributed by atoms with E-state index in [0.717, 1.165) is 18.2 Å². The number of halogens is 1. The van der Waals surface area contributed by atoms with Gasteiger partial charge in [-0.15, -0.1) is 0 Å². The van der Waals surface area contributed by atoms with E-state index >= 15 is 0 Å². The molecule has 2 rings (SSSR count). The quantitative estimate of drug-likeness (QED) is 0.475. The number of rotatable bonds is 3. The maximum Gasteiger partial charge on any atom is 0.270 e. The van der Waals surface area contributed by atoms with E-state index in [1.807, 2.05) is 0 Å². The van der Waals surface area contributed by atoms with E-state index < -0.39 is 16.5 Å². The third-order valence-electron chi connectivity index (χ3n) is 2.58. The Labute approximate surface area is 102 Å². The fourth-order valence-electron chi connectivity index (χ4n) is 1.64. The van der Waals surface area contributed by atoms with E-state index in [0.29, 0.717) is 0 Å². The standard InChI is InChI=1S/C12H9FN2O3/c1-14-6-2-3-11(14)12(16)9-7-8(15(17)18)4-5-10(9)13/h2-7H,1H3. The summed E-state index contributed by atoms with van der Waals surface area (Å²) < 4.78 is 15.1. The SMILES string of the molecule is Cn1cccc1C(=O)c1cc([N+](=O)[O-])ccc1F. The van der Waals surface area contributed by atoms with Crippen LogP contribution in [0.25, 0.3) is 0 Å². The zero-order valence-electron chi connectivity index (χ0n) is 9.46. The Morgan fingerprint density at radius 1 is 1.39 bits per heavy atom. The maximum absolute atomic E-state index is 13.6. The fourth-order valence-corrected chi connectivity index (χ4v) is 1.64. The Morgan fingerprint density at radius 3 is 2.67 bits per heavy atom. The smallest absolute Gasteiger partial charge is 0.270 e. The van der Waals surface area contributed by atoms with Crippen LogP contribution in [-0.2, 0) is 7.05 Å². The number of benzene rings is 1. The maximum atomic E-state index is 13.6. The molecule has 1 aromatic heterocycles. The molecular weight excluding hydrogens is 239 g/mol. The molecule has 0 radical (unpaired) electrons. The summed E-state index contributed by atoms with van der Waals surface area (Å²) in [7, 11) is 1.64. The fraction of sp³-hybridized carbons (Fsp3) is 0.0833. The van der Waals surface area contributed by atoms with E-state index in [1.165, 1.54) is 10.6 Å². The molecule has 18 heavy (non-hydrogen) atoms. The molecule has 2 aromatic rings. The average molecular weight is 248 g/mol. The van der Waals surface area contributed by atoms with Gasteiger partial charge in [0.05, 0.1) is 16.2 Å². The third-order valence-corrected chi connectivity index (χ3v) is 2.58. The molecule has 0 aliphatic heterocycles. The molecule has 0 amide bonds. The summed E-state index contributed by atoms with van der Waals surface area (Å²) in [6.45, 7) is 0. The molecule has 0 fully saturated rings. The molecule has 6 heteroatoms. The molecule has 0 spiro atoms. The van der Waals surface area contributed by atoms with Crippen LogP contribution in [0.1, 0.15) is 16.1 Å². The molecule has 0 unspecified atom stereocenters. The van der Waals surface area contributed by atoms with Crippen LogP contribution < -0.4 is 0 Å². The van der Waals surface area contributed by atoms with Gasteiger partial charge in [-0.2, -0.15) is 0 Å². The van der Waals surface area contributed by atoms with Gasteiger partial charge < -0.3 is 4.57 Å². The molecule has 0 bridgehead atoms. The number of hydrogen-bond acceptors (Lipinski definition) is 3. The highest BCUT2D eigenvalue weighted by molar-refractivity contribution is 6.08. The van der Waals surface area contributed by atoms with Gasteiger partial charge in [0.25, 0.3) is 5.69 Å². The molecule has 1 aromatic carbocycles. The van der Waals surface area contributed by atoms with Gasteiger partial charge in [0, 0.05) is 25.4 Å². The normalized spacial score (nSPS) is 10.3. The molecule has 92 valence electrons. The summed E-state index contributed by atoms with van der Waals surface area (Å²) in [5.41, 5.74) is -0.339. The van der Waals surface area contributed by atoms with Crippen molar-refractivity contribution in [3.63, 3.8) is 0 Å². The van der Waals surface area contributed by atoms with Crippen molar-refractivity contribution in [3.05, 3.63) is 63.7 Å². The first-order valence-electron chi connectivity index (χ1n) is 5.10. The molecule has 0 N–H and O–H groups in total. The van der Waals surface area contributed by atoms with Crippen LogP contribution in [0.15, 0.2) is 36.5 Å².